The number of primary amides is 1. The Bertz CT molecular complexity index is 569. The molecule has 0 aliphatic rings. The van der Waals surface area contributed by atoms with Crippen molar-refractivity contribution < 1.29 is 13.2 Å². The fourth-order valence-electron chi connectivity index (χ4n) is 1.37. The summed E-state index contributed by atoms with van der Waals surface area (Å²) in [6.07, 6.45) is 2.70. The number of amides is 1. The largest absolute Gasteiger partial charge is 0.384 e. The van der Waals surface area contributed by atoms with Crippen LogP contribution >= 0.6 is 0 Å². The number of carbonyl (C=O) groups is 1. The Labute approximate surface area is 112 Å². The summed E-state index contributed by atoms with van der Waals surface area (Å²) in [6.45, 7) is 5.20. The van der Waals surface area contributed by atoms with E-state index in [-0.39, 0.29) is 4.90 Å². The van der Waals surface area contributed by atoms with E-state index in [9.17, 15) is 13.2 Å². The van der Waals surface area contributed by atoms with E-state index in [0.717, 1.165) is 0 Å². The predicted molar refractivity (Wildman–Crippen MR) is 72.0 cm³/mol. The molecule has 8 heteroatoms. The minimum absolute atomic E-state index is 0.0221. The summed E-state index contributed by atoms with van der Waals surface area (Å²) in [6, 6.07) is 1.55. The molecule has 0 aliphatic heterocycles. The Balaban J connectivity index is 3.18. The van der Waals surface area contributed by atoms with Crippen LogP contribution in [0.1, 0.15) is 20.8 Å². The molecule has 0 saturated carbocycles. The van der Waals surface area contributed by atoms with Gasteiger partial charge in [0.15, 0.2) is 0 Å². The fraction of sp³-hybridized carbons (Fsp3) is 0.455. The van der Waals surface area contributed by atoms with Crippen molar-refractivity contribution >= 4 is 21.6 Å². The van der Waals surface area contributed by atoms with Crippen LogP contribution in [0.2, 0.25) is 0 Å². The highest BCUT2D eigenvalue weighted by Crippen LogP contribution is 2.20. The van der Waals surface area contributed by atoms with E-state index in [1.807, 2.05) is 6.92 Å². The lowest BCUT2D eigenvalue weighted by atomic mass is 10.1. The Morgan fingerprint density at radius 3 is 2.63 bits per heavy atom. The van der Waals surface area contributed by atoms with Gasteiger partial charge in [-0.25, -0.2) is 8.42 Å². The van der Waals surface area contributed by atoms with Gasteiger partial charge in [-0.05, 0) is 26.8 Å². The molecule has 0 atom stereocenters. The molecule has 1 aromatic rings. The summed E-state index contributed by atoms with van der Waals surface area (Å²) in [5.74, 6) is -0.759. The zero-order valence-electron chi connectivity index (χ0n) is 11.1. The van der Waals surface area contributed by atoms with Gasteiger partial charge in [-0.15, -0.1) is 0 Å². The van der Waals surface area contributed by atoms with Gasteiger partial charge >= 0.3 is 0 Å². The van der Waals surface area contributed by atoms with Crippen molar-refractivity contribution in [1.82, 2.24) is 9.71 Å². The predicted octanol–water partition coefficient (Wildman–Crippen LogP) is 0.0556. The molecule has 0 aliphatic carbocycles. The van der Waals surface area contributed by atoms with E-state index < -0.39 is 21.5 Å². The minimum Gasteiger partial charge on any atom is -0.384 e. The van der Waals surface area contributed by atoms with Gasteiger partial charge in [0, 0.05) is 18.9 Å². The SMILES string of the molecule is CCNc1ccncc1S(=O)(=O)NC(C)(C)C(N)=O. The first-order chi connectivity index (χ1) is 8.70. The summed E-state index contributed by atoms with van der Waals surface area (Å²) >= 11 is 0. The molecule has 1 aromatic heterocycles. The Morgan fingerprint density at radius 2 is 2.11 bits per heavy atom. The molecule has 1 amide bonds. The molecule has 0 fully saturated rings. The van der Waals surface area contributed by atoms with E-state index in [0.29, 0.717) is 12.2 Å². The number of hydrogen-bond acceptors (Lipinski definition) is 5. The quantitative estimate of drug-likeness (QED) is 0.684. The molecule has 106 valence electrons. The van der Waals surface area contributed by atoms with Crippen LogP contribution in [0.15, 0.2) is 23.4 Å². The second-order valence-electron chi connectivity index (χ2n) is 4.50. The molecule has 7 nitrogen and oxygen atoms in total. The second-order valence-corrected chi connectivity index (χ2v) is 6.15. The van der Waals surface area contributed by atoms with E-state index in [1.165, 1.54) is 26.2 Å². The van der Waals surface area contributed by atoms with Gasteiger partial charge in [-0.2, -0.15) is 4.72 Å². The van der Waals surface area contributed by atoms with Crippen molar-refractivity contribution in [2.75, 3.05) is 11.9 Å². The second kappa shape index (κ2) is 5.54. The molecule has 0 unspecified atom stereocenters. The maximum absolute atomic E-state index is 12.2. The summed E-state index contributed by atoms with van der Waals surface area (Å²) < 4.78 is 26.8. The first-order valence-electron chi connectivity index (χ1n) is 5.72. The number of aromatic nitrogens is 1. The van der Waals surface area contributed by atoms with Crippen LogP contribution in [-0.4, -0.2) is 31.4 Å². The minimum atomic E-state index is -3.89. The van der Waals surface area contributed by atoms with Gasteiger partial charge in [-0.3, -0.25) is 9.78 Å². The van der Waals surface area contributed by atoms with Crippen LogP contribution in [0.5, 0.6) is 0 Å². The highest BCUT2D eigenvalue weighted by Gasteiger charge is 2.32. The third-order valence-corrected chi connectivity index (χ3v) is 4.13. The number of carbonyl (C=O) groups excluding carboxylic acids is 1. The third kappa shape index (κ3) is 3.65. The highest BCUT2D eigenvalue weighted by molar-refractivity contribution is 7.89. The van der Waals surface area contributed by atoms with Gasteiger partial charge in [-0.1, -0.05) is 0 Å². The van der Waals surface area contributed by atoms with Gasteiger partial charge in [0.05, 0.1) is 5.69 Å². The Hall–Kier alpha value is -1.67. The van der Waals surface area contributed by atoms with Gasteiger partial charge in [0.1, 0.15) is 10.4 Å². The van der Waals surface area contributed by atoms with Crippen molar-refractivity contribution in [3.05, 3.63) is 18.5 Å². The summed E-state index contributed by atoms with van der Waals surface area (Å²) in [5, 5.41) is 2.92. The lowest BCUT2D eigenvalue weighted by Gasteiger charge is -2.22. The van der Waals surface area contributed by atoms with Gasteiger partial charge < -0.3 is 11.1 Å². The molecular weight excluding hydrogens is 268 g/mol. The normalized spacial score (nSPS) is 12.2. The van der Waals surface area contributed by atoms with Crippen LogP contribution in [0.25, 0.3) is 0 Å². The molecule has 0 radical (unpaired) electrons. The number of pyridine rings is 1. The number of anilines is 1. The standard InChI is InChI=1S/C11H18N4O3S/c1-4-14-8-5-6-13-7-9(8)19(17,18)15-11(2,3)10(12)16/h5-7,15H,4H2,1-3H3,(H2,12,16)(H,13,14). The lowest BCUT2D eigenvalue weighted by Crippen LogP contribution is -2.52. The molecule has 0 bridgehead atoms. The van der Waals surface area contributed by atoms with Crippen LogP contribution in [0, 0.1) is 0 Å². The van der Waals surface area contributed by atoms with E-state index >= 15 is 0 Å². The maximum atomic E-state index is 12.2. The summed E-state index contributed by atoms with van der Waals surface area (Å²) in [4.78, 5) is 15.0. The molecule has 0 saturated heterocycles. The zero-order valence-corrected chi connectivity index (χ0v) is 11.9. The topological polar surface area (TPSA) is 114 Å². The first kappa shape index (κ1) is 15.4. The van der Waals surface area contributed by atoms with E-state index in [4.69, 9.17) is 5.73 Å². The Kier molecular flexibility index (Phi) is 4.48. The monoisotopic (exact) mass is 286 g/mol. The molecule has 1 heterocycles. The number of nitrogens with zero attached hydrogens (tertiary/aromatic N) is 1. The third-order valence-electron chi connectivity index (χ3n) is 2.45. The van der Waals surface area contributed by atoms with Crippen LogP contribution in [0.4, 0.5) is 5.69 Å². The summed E-state index contributed by atoms with van der Waals surface area (Å²) in [5.41, 5.74) is 4.20. The van der Waals surface area contributed by atoms with Crippen LogP contribution in [-0.2, 0) is 14.8 Å². The van der Waals surface area contributed by atoms with Crippen molar-refractivity contribution in [3.63, 3.8) is 0 Å². The van der Waals surface area contributed by atoms with Crippen molar-refractivity contribution in [2.45, 2.75) is 31.2 Å². The number of nitrogens with one attached hydrogen (secondary N) is 2. The van der Waals surface area contributed by atoms with Gasteiger partial charge in [0.25, 0.3) is 0 Å². The maximum Gasteiger partial charge on any atom is 0.245 e. The zero-order chi connectivity index (χ0) is 14.7. The molecule has 19 heavy (non-hydrogen) atoms. The number of sulfonamides is 1. The number of nitrogens with two attached hydrogens (primary N) is 1. The summed E-state index contributed by atoms with van der Waals surface area (Å²) in [7, 11) is -3.89. The highest BCUT2D eigenvalue weighted by atomic mass is 32.2. The molecule has 0 aromatic carbocycles. The van der Waals surface area contributed by atoms with Crippen LogP contribution < -0.4 is 15.8 Å². The Morgan fingerprint density at radius 1 is 1.47 bits per heavy atom. The van der Waals surface area contributed by atoms with Crippen molar-refractivity contribution in [3.8, 4) is 0 Å². The number of hydrogen-bond donors (Lipinski definition) is 3. The lowest BCUT2D eigenvalue weighted by molar-refractivity contribution is -0.122. The average Bonchev–Trinajstić information content (AvgIpc) is 2.28. The number of rotatable bonds is 6. The molecular formula is C11H18N4O3S. The molecule has 1 rings (SSSR count). The van der Waals surface area contributed by atoms with Crippen LogP contribution in [0.3, 0.4) is 0 Å². The smallest absolute Gasteiger partial charge is 0.245 e. The molecule has 0 spiro atoms. The van der Waals surface area contributed by atoms with Crippen molar-refractivity contribution in [1.29, 1.82) is 0 Å². The average molecular weight is 286 g/mol. The van der Waals surface area contributed by atoms with E-state index in [2.05, 4.69) is 15.0 Å². The first-order valence-corrected chi connectivity index (χ1v) is 7.21. The van der Waals surface area contributed by atoms with Crippen molar-refractivity contribution in [2.24, 2.45) is 5.73 Å². The van der Waals surface area contributed by atoms with Gasteiger partial charge in [0.2, 0.25) is 15.9 Å². The fourth-order valence-corrected chi connectivity index (χ4v) is 2.88. The van der Waals surface area contributed by atoms with E-state index in [1.54, 1.807) is 6.07 Å². The molecule has 4 N–H and O–H groups in total.